The number of phosphoric ester groups is 1. The Kier molecular flexibility index (Phi) is 68.2. The lowest BCUT2D eigenvalue weighted by atomic mass is 10.0. The number of hydrogen-bond donors (Lipinski definition) is 2. The van der Waals surface area contributed by atoms with Crippen LogP contribution in [0.4, 0.5) is 0 Å². The molecule has 2 atom stereocenters. The molecule has 9 nitrogen and oxygen atoms in total. The molecule has 0 aromatic heterocycles. The van der Waals surface area contributed by atoms with Crippen LogP contribution < -0.4 is 5.73 Å². The molecule has 10 heteroatoms. The van der Waals surface area contributed by atoms with Crippen LogP contribution in [0.2, 0.25) is 0 Å². The van der Waals surface area contributed by atoms with Crippen molar-refractivity contribution >= 4 is 19.8 Å². The van der Waals surface area contributed by atoms with Gasteiger partial charge >= 0.3 is 19.8 Å². The quantitative estimate of drug-likeness (QED) is 0.0264. The zero-order valence-electron chi connectivity index (χ0n) is 56.3. The zero-order valence-corrected chi connectivity index (χ0v) is 57.2. The fourth-order valence-corrected chi connectivity index (χ4v) is 9.94. The number of unbranched alkanes of at least 4 members (excludes halogenated alkanes) is 21. The average Bonchev–Trinajstić information content (AvgIpc) is 3.68. The second kappa shape index (κ2) is 72.2. The summed E-state index contributed by atoms with van der Waals surface area (Å²) in [7, 11) is -4.42. The van der Waals surface area contributed by atoms with Crippen molar-refractivity contribution in [3.63, 3.8) is 0 Å². The van der Waals surface area contributed by atoms with Crippen LogP contribution in [0.5, 0.6) is 0 Å². The maximum atomic E-state index is 12.7. The Labute approximate surface area is 545 Å². The fraction of sp³-hybridized carbons (Fsp3) is 0.595. The minimum atomic E-state index is -4.42. The van der Waals surface area contributed by atoms with Crippen molar-refractivity contribution in [2.24, 2.45) is 5.73 Å². The molecule has 502 valence electrons. The summed E-state index contributed by atoms with van der Waals surface area (Å²) in [5.41, 5.74) is 5.39. The summed E-state index contributed by atoms with van der Waals surface area (Å²) >= 11 is 0. The third-order valence-electron chi connectivity index (χ3n) is 14.3. The van der Waals surface area contributed by atoms with Gasteiger partial charge in [-0.3, -0.25) is 18.6 Å². The summed E-state index contributed by atoms with van der Waals surface area (Å²) in [6.45, 7) is 3.45. The molecule has 0 heterocycles. The van der Waals surface area contributed by atoms with Crippen molar-refractivity contribution in [3.8, 4) is 0 Å². The van der Waals surface area contributed by atoms with Crippen LogP contribution >= 0.6 is 7.82 Å². The molecule has 0 aromatic rings. The number of carbonyl (C=O) groups is 2. The Hall–Kier alpha value is -4.89. The molecule has 0 aromatic carbocycles. The molecule has 2 unspecified atom stereocenters. The summed E-state index contributed by atoms with van der Waals surface area (Å²) < 4.78 is 33.1. The largest absolute Gasteiger partial charge is 0.472 e. The molecule has 0 radical (unpaired) electrons. The van der Waals surface area contributed by atoms with Crippen LogP contribution in [0, 0.1) is 0 Å². The van der Waals surface area contributed by atoms with Gasteiger partial charge in [0.15, 0.2) is 6.10 Å². The molecule has 0 rings (SSSR count). The molecule has 0 aliphatic carbocycles. The first kappa shape index (κ1) is 84.1. The first-order valence-electron chi connectivity index (χ1n) is 35.3. The normalized spacial score (nSPS) is 14.1. The molecule has 3 N–H and O–H groups in total. The van der Waals surface area contributed by atoms with Crippen molar-refractivity contribution in [1.29, 1.82) is 0 Å². The molecular formula is C79H128NO8P. The number of hydrogen-bond acceptors (Lipinski definition) is 8. The van der Waals surface area contributed by atoms with Crippen LogP contribution in [-0.4, -0.2) is 49.3 Å². The van der Waals surface area contributed by atoms with Gasteiger partial charge in [0.25, 0.3) is 0 Å². The van der Waals surface area contributed by atoms with Gasteiger partial charge in [0, 0.05) is 19.4 Å². The van der Waals surface area contributed by atoms with Crippen molar-refractivity contribution < 1.29 is 37.6 Å². The van der Waals surface area contributed by atoms with E-state index in [1.54, 1.807) is 0 Å². The van der Waals surface area contributed by atoms with Gasteiger partial charge in [0.05, 0.1) is 13.2 Å². The van der Waals surface area contributed by atoms with E-state index in [1.165, 1.54) is 116 Å². The van der Waals surface area contributed by atoms with Crippen LogP contribution in [0.15, 0.2) is 182 Å². The SMILES string of the molecule is CC/C=C\C/C=C\C/C=C\C/C=C\C/C=C\C/C=C\C/C=C\C/C=C\C/C=C\CCCC(=O)OC(COC(=O)CCCCCCCCCCCCCCCCCCCCCC/C=C\C/C=C\C/C=C\C/C=C\C/C=C\C/C=C\CC)COP(=O)(O)OCCN. The van der Waals surface area contributed by atoms with E-state index in [9.17, 15) is 19.0 Å². The topological polar surface area (TPSA) is 134 Å². The number of rotatable bonds is 64. The van der Waals surface area contributed by atoms with Crippen molar-refractivity contribution in [2.75, 3.05) is 26.4 Å². The minimum Gasteiger partial charge on any atom is -0.462 e. The lowest BCUT2D eigenvalue weighted by Gasteiger charge is -2.19. The van der Waals surface area contributed by atoms with E-state index < -0.39 is 32.5 Å². The molecule has 89 heavy (non-hydrogen) atoms. The average molecular weight is 1250 g/mol. The molecular weight excluding hydrogens is 1120 g/mol. The Bertz CT molecular complexity index is 2110. The molecule has 0 bridgehead atoms. The van der Waals surface area contributed by atoms with E-state index in [0.29, 0.717) is 12.8 Å². The van der Waals surface area contributed by atoms with Gasteiger partial charge in [-0.2, -0.15) is 0 Å². The monoisotopic (exact) mass is 1250 g/mol. The smallest absolute Gasteiger partial charge is 0.462 e. The number of phosphoric acid groups is 1. The van der Waals surface area contributed by atoms with Gasteiger partial charge < -0.3 is 20.1 Å². The molecule has 0 aliphatic heterocycles. The third kappa shape index (κ3) is 72.1. The lowest BCUT2D eigenvalue weighted by molar-refractivity contribution is -0.161. The third-order valence-corrected chi connectivity index (χ3v) is 15.3. The Morgan fingerprint density at radius 3 is 0.899 bits per heavy atom. The molecule has 0 saturated carbocycles. The second-order valence-electron chi connectivity index (χ2n) is 22.6. The summed E-state index contributed by atoms with van der Waals surface area (Å²) in [6, 6.07) is 0. The van der Waals surface area contributed by atoms with E-state index in [2.05, 4.69) is 190 Å². The molecule has 0 spiro atoms. The first-order valence-corrected chi connectivity index (χ1v) is 36.8. The van der Waals surface area contributed by atoms with E-state index in [1.807, 2.05) is 6.08 Å². The minimum absolute atomic E-state index is 0.0361. The van der Waals surface area contributed by atoms with Crippen LogP contribution in [0.3, 0.4) is 0 Å². The summed E-state index contributed by atoms with van der Waals surface area (Å²) in [6.07, 6.45) is 109. The Morgan fingerprint density at radius 1 is 0.337 bits per heavy atom. The molecule has 0 saturated heterocycles. The number of carbonyl (C=O) groups excluding carboxylic acids is 2. The maximum absolute atomic E-state index is 12.7. The fourth-order valence-electron chi connectivity index (χ4n) is 9.17. The highest BCUT2D eigenvalue weighted by atomic mass is 31.2. The van der Waals surface area contributed by atoms with Crippen LogP contribution in [-0.2, 0) is 32.7 Å². The highest BCUT2D eigenvalue weighted by Crippen LogP contribution is 2.43. The molecule has 0 amide bonds. The van der Waals surface area contributed by atoms with Crippen LogP contribution in [0.1, 0.15) is 271 Å². The zero-order chi connectivity index (χ0) is 64.4. The van der Waals surface area contributed by atoms with E-state index >= 15 is 0 Å². The van der Waals surface area contributed by atoms with Gasteiger partial charge in [-0.1, -0.05) is 312 Å². The number of allylic oxidation sites excluding steroid dienone is 30. The summed E-state index contributed by atoms with van der Waals surface area (Å²) in [5, 5.41) is 0. The van der Waals surface area contributed by atoms with Gasteiger partial charge in [0.2, 0.25) is 0 Å². The van der Waals surface area contributed by atoms with Gasteiger partial charge in [-0.05, 0) is 128 Å². The second-order valence-corrected chi connectivity index (χ2v) is 24.1. The summed E-state index contributed by atoms with van der Waals surface area (Å²) in [5.74, 6) is -0.903. The van der Waals surface area contributed by atoms with E-state index in [0.717, 1.165) is 116 Å². The van der Waals surface area contributed by atoms with Crippen molar-refractivity contribution in [1.82, 2.24) is 0 Å². The van der Waals surface area contributed by atoms with Gasteiger partial charge in [0.1, 0.15) is 6.61 Å². The summed E-state index contributed by atoms with van der Waals surface area (Å²) in [4.78, 5) is 35.3. The standard InChI is InChI=1S/C79H128NO8P/c1-3-5-7-9-11-13-15-17-19-21-23-25-27-29-31-33-34-35-36-37-38-39-40-41-42-44-45-47-49-51-53-55-57-59-61-63-65-67-69-71-78(81)85-75-77(76-87-89(83,84)86-74-73-80)88-79(82)72-70-68-66-64-62-60-58-56-54-52-50-48-46-43-32-30-28-26-24-22-20-18-16-14-12-10-8-6-4-2/h5-8,11-14,17-20,23-26,29-32,34-35,46,48,52,54,58,60,64,66,77H,3-4,9-10,15-16,21-22,27-28,33,36-45,47,49-51,53,55-57,59,61-63,65,67-76,80H2,1-2H3,(H,83,84)/b7-5-,8-6-,13-11-,14-12-,19-17-,20-18-,25-23-,26-24-,31-29-,32-30-,35-34-,48-46-,54-52-,60-58-,66-64-. The highest BCUT2D eigenvalue weighted by molar-refractivity contribution is 7.47. The lowest BCUT2D eigenvalue weighted by Crippen LogP contribution is -2.29. The Balaban J connectivity index is 3.96. The van der Waals surface area contributed by atoms with Crippen LogP contribution in [0.25, 0.3) is 0 Å². The number of nitrogens with two attached hydrogens (primary N) is 1. The van der Waals surface area contributed by atoms with Crippen molar-refractivity contribution in [2.45, 2.75) is 277 Å². The first-order chi connectivity index (χ1) is 43.8. The van der Waals surface area contributed by atoms with E-state index in [4.69, 9.17) is 24.3 Å². The van der Waals surface area contributed by atoms with Crippen molar-refractivity contribution in [3.05, 3.63) is 182 Å². The molecule has 0 aliphatic rings. The number of ether oxygens (including phenoxy) is 2. The molecule has 0 fully saturated rings. The predicted octanol–water partition coefficient (Wildman–Crippen LogP) is 23.5. The highest BCUT2D eigenvalue weighted by Gasteiger charge is 2.26. The predicted molar refractivity (Wildman–Crippen MR) is 385 cm³/mol. The van der Waals surface area contributed by atoms with Gasteiger partial charge in [-0.15, -0.1) is 0 Å². The number of esters is 2. The maximum Gasteiger partial charge on any atom is 0.472 e. The van der Waals surface area contributed by atoms with Gasteiger partial charge in [-0.25, -0.2) is 4.57 Å². The van der Waals surface area contributed by atoms with E-state index in [-0.39, 0.29) is 32.6 Å². The Morgan fingerprint density at radius 2 is 0.596 bits per heavy atom.